The van der Waals surface area contributed by atoms with Gasteiger partial charge in [-0.25, -0.2) is 0 Å². The van der Waals surface area contributed by atoms with Gasteiger partial charge in [0.15, 0.2) is 4.77 Å². The average molecular weight is 396 g/mol. The molecule has 2 aromatic heterocycles. The van der Waals surface area contributed by atoms with Gasteiger partial charge < -0.3 is 10.1 Å². The minimum atomic E-state index is -0.0466. The zero-order chi connectivity index (χ0) is 18.4. The molecule has 3 heterocycles. The van der Waals surface area contributed by atoms with Gasteiger partial charge >= 0.3 is 0 Å². The second-order valence-corrected chi connectivity index (χ2v) is 7.63. The number of aryl methyl sites for hydroxylation is 1. The minimum absolute atomic E-state index is 0.0466. The first-order chi connectivity index (χ1) is 12.7. The molecule has 1 unspecified atom stereocenters. The van der Waals surface area contributed by atoms with Gasteiger partial charge in [-0.2, -0.15) is 5.10 Å². The summed E-state index contributed by atoms with van der Waals surface area (Å²) < 4.78 is 7.73. The first-order valence-corrected chi connectivity index (χ1v) is 10.2. The fourth-order valence-electron chi connectivity index (χ4n) is 3.12. The number of carbonyl (C=O) groups excluding carboxylic acids is 1. The van der Waals surface area contributed by atoms with E-state index in [0.29, 0.717) is 11.3 Å². The number of aromatic nitrogens is 3. The summed E-state index contributed by atoms with van der Waals surface area (Å²) >= 11 is 6.98. The number of aromatic amines is 1. The Hall–Kier alpha value is -1.55. The third-order valence-electron chi connectivity index (χ3n) is 4.46. The summed E-state index contributed by atoms with van der Waals surface area (Å²) in [5.41, 5.74) is 0. The van der Waals surface area contributed by atoms with Crippen molar-refractivity contribution in [2.75, 3.05) is 32.8 Å². The third-order valence-corrected chi connectivity index (χ3v) is 5.75. The second-order valence-electron chi connectivity index (χ2n) is 6.26. The first kappa shape index (κ1) is 19.2. The molecule has 1 fully saturated rings. The minimum Gasteiger partial charge on any atom is -0.379 e. The second kappa shape index (κ2) is 9.40. The summed E-state index contributed by atoms with van der Waals surface area (Å²) in [5, 5.41) is 12.2. The molecule has 1 aliphatic rings. The Morgan fingerprint density at radius 1 is 1.50 bits per heavy atom. The van der Waals surface area contributed by atoms with Gasteiger partial charge in [-0.05, 0) is 30.1 Å². The van der Waals surface area contributed by atoms with Crippen LogP contribution >= 0.6 is 23.6 Å². The van der Waals surface area contributed by atoms with Crippen LogP contribution in [-0.4, -0.2) is 58.4 Å². The Kier molecular flexibility index (Phi) is 6.95. The fraction of sp³-hybridized carbons (Fsp3) is 0.588. The van der Waals surface area contributed by atoms with E-state index in [1.807, 2.05) is 0 Å². The monoisotopic (exact) mass is 395 g/mol. The summed E-state index contributed by atoms with van der Waals surface area (Å²) in [6.07, 6.45) is 1.75. The molecular formula is C17H25N5O2S2. The van der Waals surface area contributed by atoms with E-state index in [1.165, 1.54) is 4.88 Å². The van der Waals surface area contributed by atoms with Crippen molar-refractivity contribution < 1.29 is 9.53 Å². The number of nitrogens with one attached hydrogen (secondary N) is 2. The highest BCUT2D eigenvalue weighted by molar-refractivity contribution is 7.71. The molecule has 0 bridgehead atoms. The van der Waals surface area contributed by atoms with E-state index in [9.17, 15) is 4.79 Å². The molecule has 1 amide bonds. The van der Waals surface area contributed by atoms with Crippen molar-refractivity contribution in [1.82, 2.24) is 25.0 Å². The maximum Gasteiger partial charge on any atom is 0.240 e. The highest BCUT2D eigenvalue weighted by Crippen LogP contribution is 2.25. The van der Waals surface area contributed by atoms with E-state index in [0.717, 1.165) is 45.0 Å². The molecule has 7 nitrogen and oxygen atoms in total. The van der Waals surface area contributed by atoms with Crippen LogP contribution in [0.2, 0.25) is 0 Å². The fourth-order valence-corrected chi connectivity index (χ4v) is 4.19. The van der Waals surface area contributed by atoms with Gasteiger partial charge in [0.2, 0.25) is 5.91 Å². The number of ether oxygens (including phenoxy) is 1. The number of thiophene rings is 1. The lowest BCUT2D eigenvalue weighted by molar-refractivity contribution is -0.122. The van der Waals surface area contributed by atoms with E-state index < -0.39 is 0 Å². The van der Waals surface area contributed by atoms with Crippen LogP contribution in [0.4, 0.5) is 0 Å². The predicted octanol–water partition coefficient (Wildman–Crippen LogP) is 2.14. The van der Waals surface area contributed by atoms with Gasteiger partial charge in [0, 0.05) is 30.9 Å². The number of hydrogen-bond donors (Lipinski definition) is 2. The summed E-state index contributed by atoms with van der Waals surface area (Å²) in [6.45, 7) is 6.09. The molecule has 2 aromatic rings. The Labute approximate surface area is 162 Å². The van der Waals surface area contributed by atoms with Gasteiger partial charge in [-0.3, -0.25) is 19.4 Å². The van der Waals surface area contributed by atoms with E-state index >= 15 is 0 Å². The lowest BCUT2D eigenvalue weighted by Gasteiger charge is -2.34. The number of hydrogen-bond acceptors (Lipinski definition) is 6. The summed E-state index contributed by atoms with van der Waals surface area (Å²) in [6, 6.07) is 4.36. The average Bonchev–Trinajstić information content (AvgIpc) is 3.29. The van der Waals surface area contributed by atoms with Crippen LogP contribution in [0.3, 0.4) is 0 Å². The molecule has 26 heavy (non-hydrogen) atoms. The van der Waals surface area contributed by atoms with E-state index in [1.54, 1.807) is 15.9 Å². The number of rotatable bonds is 8. The molecule has 0 spiro atoms. The molecule has 0 saturated carbocycles. The number of amides is 1. The van der Waals surface area contributed by atoms with Crippen molar-refractivity contribution in [3.63, 3.8) is 0 Å². The van der Waals surface area contributed by atoms with Gasteiger partial charge in [0.05, 0.1) is 19.3 Å². The van der Waals surface area contributed by atoms with Gasteiger partial charge in [-0.15, -0.1) is 11.3 Å². The first-order valence-electron chi connectivity index (χ1n) is 8.95. The highest BCUT2D eigenvalue weighted by atomic mass is 32.1. The normalized spacial score (nSPS) is 16.5. The molecule has 142 valence electrons. The Morgan fingerprint density at radius 2 is 2.31 bits per heavy atom. The number of nitrogens with zero attached hydrogens (tertiary/aromatic N) is 3. The maximum absolute atomic E-state index is 12.5. The third kappa shape index (κ3) is 4.79. The summed E-state index contributed by atoms with van der Waals surface area (Å²) in [4.78, 5) is 16.2. The van der Waals surface area contributed by atoms with Crippen LogP contribution in [0.25, 0.3) is 0 Å². The van der Waals surface area contributed by atoms with Crippen molar-refractivity contribution in [3.8, 4) is 0 Å². The number of morpholine rings is 1. The van der Waals surface area contributed by atoms with Crippen LogP contribution < -0.4 is 5.32 Å². The lowest BCUT2D eigenvalue weighted by atomic mass is 10.2. The molecule has 0 aromatic carbocycles. The van der Waals surface area contributed by atoms with Crippen molar-refractivity contribution in [3.05, 3.63) is 33.0 Å². The molecule has 0 aliphatic carbocycles. The highest BCUT2D eigenvalue weighted by Gasteiger charge is 2.24. The zero-order valence-corrected chi connectivity index (χ0v) is 16.6. The van der Waals surface area contributed by atoms with Crippen molar-refractivity contribution >= 4 is 29.5 Å². The Bertz CT molecular complexity index is 750. The van der Waals surface area contributed by atoms with Gasteiger partial charge in [0.25, 0.3) is 0 Å². The van der Waals surface area contributed by atoms with Crippen LogP contribution in [0, 0.1) is 4.77 Å². The van der Waals surface area contributed by atoms with Crippen LogP contribution in [0.1, 0.15) is 30.1 Å². The smallest absolute Gasteiger partial charge is 0.240 e. The standard InChI is InChI=1S/C17H25N5O2S2/c1-2-4-15-19-20-17(25)22(15)12-16(23)18-11-13(14-5-3-10-26-14)21-6-8-24-9-7-21/h3,5,10,13H,2,4,6-9,11-12H2,1H3,(H,18,23)(H,20,25). The molecule has 1 atom stereocenters. The Balaban J connectivity index is 1.62. The van der Waals surface area contributed by atoms with Gasteiger partial charge in [0.1, 0.15) is 12.4 Å². The van der Waals surface area contributed by atoms with Gasteiger partial charge in [-0.1, -0.05) is 13.0 Å². The molecule has 0 radical (unpaired) electrons. The largest absolute Gasteiger partial charge is 0.379 e. The molecule has 1 aliphatic heterocycles. The van der Waals surface area contributed by atoms with Crippen LogP contribution in [-0.2, 0) is 22.5 Å². The Morgan fingerprint density at radius 3 is 3.00 bits per heavy atom. The van der Waals surface area contributed by atoms with E-state index in [2.05, 4.69) is 44.9 Å². The van der Waals surface area contributed by atoms with Crippen molar-refractivity contribution in [1.29, 1.82) is 0 Å². The van der Waals surface area contributed by atoms with E-state index in [-0.39, 0.29) is 18.5 Å². The van der Waals surface area contributed by atoms with Crippen molar-refractivity contribution in [2.24, 2.45) is 0 Å². The predicted molar refractivity (Wildman–Crippen MR) is 104 cm³/mol. The molecule has 3 rings (SSSR count). The number of carbonyl (C=O) groups is 1. The maximum atomic E-state index is 12.5. The van der Waals surface area contributed by atoms with E-state index in [4.69, 9.17) is 17.0 Å². The molecule has 2 N–H and O–H groups in total. The zero-order valence-electron chi connectivity index (χ0n) is 14.9. The molecular weight excluding hydrogens is 370 g/mol. The molecule has 9 heteroatoms. The number of H-pyrrole nitrogens is 1. The molecule has 1 saturated heterocycles. The SMILES string of the molecule is CCCc1n[nH]c(=S)n1CC(=O)NCC(c1cccs1)N1CCOCC1. The summed E-state index contributed by atoms with van der Waals surface area (Å²) in [7, 11) is 0. The lowest BCUT2D eigenvalue weighted by Crippen LogP contribution is -2.44. The van der Waals surface area contributed by atoms with Crippen molar-refractivity contribution in [2.45, 2.75) is 32.4 Å². The van der Waals surface area contributed by atoms with Crippen LogP contribution in [0.5, 0.6) is 0 Å². The summed E-state index contributed by atoms with van der Waals surface area (Å²) in [5.74, 6) is 0.783. The topological polar surface area (TPSA) is 75.2 Å². The van der Waals surface area contributed by atoms with Crippen LogP contribution in [0.15, 0.2) is 17.5 Å². The quantitative estimate of drug-likeness (QED) is 0.670.